The third-order valence-electron chi connectivity index (χ3n) is 5.35. The Morgan fingerprint density at radius 3 is 2.03 bits per heavy atom. The van der Waals surface area contributed by atoms with Crippen LogP contribution in [0.4, 0.5) is 11.4 Å². The lowest BCUT2D eigenvalue weighted by atomic mass is 9.93. The van der Waals surface area contributed by atoms with Gasteiger partial charge in [-0.15, -0.1) is 0 Å². The number of rotatable bonds is 6. The summed E-state index contributed by atoms with van der Waals surface area (Å²) in [5.74, 6) is 0. The standard InChI is InChI=1S/C28H27N/c1-3-9-24-12-7-8-13-27(24)28-20-26(17-14-21(28)2)29-25-18-15-23(16-19-25)22-10-5-4-6-11-22/h4-8,10-20,29H,3,9H2,1-2H3. The second kappa shape index (κ2) is 8.79. The van der Waals surface area contributed by atoms with E-state index in [0.717, 1.165) is 24.2 Å². The van der Waals surface area contributed by atoms with Crippen molar-refractivity contribution in [2.75, 3.05) is 5.32 Å². The van der Waals surface area contributed by atoms with Gasteiger partial charge in [-0.2, -0.15) is 0 Å². The van der Waals surface area contributed by atoms with Gasteiger partial charge in [-0.05, 0) is 71.0 Å². The molecule has 0 saturated carbocycles. The van der Waals surface area contributed by atoms with Crippen molar-refractivity contribution in [1.29, 1.82) is 0 Å². The fourth-order valence-electron chi connectivity index (χ4n) is 3.80. The molecule has 0 bridgehead atoms. The Bertz CT molecular complexity index is 1080. The minimum absolute atomic E-state index is 1.10. The molecule has 0 aliphatic carbocycles. The largest absolute Gasteiger partial charge is 0.356 e. The number of hydrogen-bond acceptors (Lipinski definition) is 1. The molecule has 1 nitrogen and oxygen atoms in total. The van der Waals surface area contributed by atoms with Crippen molar-refractivity contribution < 1.29 is 0 Å². The van der Waals surface area contributed by atoms with Gasteiger partial charge in [0.05, 0.1) is 0 Å². The van der Waals surface area contributed by atoms with E-state index in [-0.39, 0.29) is 0 Å². The first kappa shape index (κ1) is 19.0. The van der Waals surface area contributed by atoms with E-state index in [0.29, 0.717) is 0 Å². The van der Waals surface area contributed by atoms with Crippen molar-refractivity contribution in [3.8, 4) is 22.3 Å². The molecule has 4 aromatic carbocycles. The van der Waals surface area contributed by atoms with E-state index < -0.39 is 0 Å². The van der Waals surface area contributed by atoms with Gasteiger partial charge in [-0.1, -0.05) is 86.1 Å². The van der Waals surface area contributed by atoms with E-state index in [1.807, 2.05) is 6.07 Å². The minimum Gasteiger partial charge on any atom is -0.356 e. The molecule has 0 amide bonds. The Labute approximate surface area is 174 Å². The summed E-state index contributed by atoms with van der Waals surface area (Å²) in [6, 6.07) is 34.5. The molecule has 4 rings (SSSR count). The summed E-state index contributed by atoms with van der Waals surface area (Å²) in [4.78, 5) is 0. The maximum atomic E-state index is 3.57. The maximum absolute atomic E-state index is 3.57. The van der Waals surface area contributed by atoms with E-state index in [1.54, 1.807) is 0 Å². The second-order valence-electron chi connectivity index (χ2n) is 7.51. The Morgan fingerprint density at radius 1 is 0.621 bits per heavy atom. The summed E-state index contributed by atoms with van der Waals surface area (Å²) in [5, 5.41) is 3.57. The molecule has 29 heavy (non-hydrogen) atoms. The third kappa shape index (κ3) is 4.41. The van der Waals surface area contributed by atoms with Crippen LogP contribution >= 0.6 is 0 Å². The molecule has 0 heterocycles. The van der Waals surface area contributed by atoms with Crippen molar-refractivity contribution in [3.05, 3.63) is 108 Å². The van der Waals surface area contributed by atoms with E-state index in [2.05, 4.69) is 110 Å². The van der Waals surface area contributed by atoms with Crippen molar-refractivity contribution in [3.63, 3.8) is 0 Å². The van der Waals surface area contributed by atoms with Crippen LogP contribution < -0.4 is 5.32 Å². The molecular formula is C28H27N. The minimum atomic E-state index is 1.10. The number of nitrogens with one attached hydrogen (secondary N) is 1. The topological polar surface area (TPSA) is 12.0 Å². The van der Waals surface area contributed by atoms with Crippen molar-refractivity contribution in [2.45, 2.75) is 26.7 Å². The quantitative estimate of drug-likeness (QED) is 0.358. The van der Waals surface area contributed by atoms with Gasteiger partial charge >= 0.3 is 0 Å². The predicted molar refractivity (Wildman–Crippen MR) is 126 cm³/mol. The monoisotopic (exact) mass is 377 g/mol. The molecule has 0 atom stereocenters. The van der Waals surface area contributed by atoms with Crippen LogP contribution in [0.1, 0.15) is 24.5 Å². The van der Waals surface area contributed by atoms with Crippen LogP contribution in [-0.4, -0.2) is 0 Å². The van der Waals surface area contributed by atoms with Gasteiger partial charge in [0.25, 0.3) is 0 Å². The highest BCUT2D eigenvalue weighted by atomic mass is 14.9. The summed E-state index contributed by atoms with van der Waals surface area (Å²) in [6.07, 6.45) is 2.26. The molecule has 0 aliphatic heterocycles. The normalized spacial score (nSPS) is 10.7. The molecule has 0 spiro atoms. The lowest BCUT2D eigenvalue weighted by Gasteiger charge is -2.15. The zero-order valence-electron chi connectivity index (χ0n) is 17.2. The first-order valence-electron chi connectivity index (χ1n) is 10.4. The Kier molecular flexibility index (Phi) is 5.76. The van der Waals surface area contributed by atoms with Gasteiger partial charge < -0.3 is 5.32 Å². The molecule has 4 aromatic rings. The van der Waals surface area contributed by atoms with E-state index >= 15 is 0 Å². The third-order valence-corrected chi connectivity index (χ3v) is 5.35. The molecular weight excluding hydrogens is 350 g/mol. The highest BCUT2D eigenvalue weighted by Crippen LogP contribution is 2.31. The smallest absolute Gasteiger partial charge is 0.0390 e. The summed E-state index contributed by atoms with van der Waals surface area (Å²) in [6.45, 7) is 4.43. The lowest BCUT2D eigenvalue weighted by Crippen LogP contribution is -1.95. The van der Waals surface area contributed by atoms with Gasteiger partial charge in [0.2, 0.25) is 0 Å². The average Bonchev–Trinajstić information content (AvgIpc) is 2.77. The summed E-state index contributed by atoms with van der Waals surface area (Å²) in [7, 11) is 0. The number of hydrogen-bond donors (Lipinski definition) is 1. The number of anilines is 2. The van der Waals surface area contributed by atoms with Crippen LogP contribution in [-0.2, 0) is 6.42 Å². The van der Waals surface area contributed by atoms with Crippen LogP contribution in [0.3, 0.4) is 0 Å². The Hall–Kier alpha value is -3.32. The predicted octanol–water partition coefficient (Wildman–Crippen LogP) is 8.03. The highest BCUT2D eigenvalue weighted by Gasteiger charge is 2.08. The molecule has 0 radical (unpaired) electrons. The molecule has 1 heteroatoms. The zero-order chi connectivity index (χ0) is 20.1. The average molecular weight is 378 g/mol. The van der Waals surface area contributed by atoms with Gasteiger partial charge in [-0.3, -0.25) is 0 Å². The Balaban J connectivity index is 1.60. The van der Waals surface area contributed by atoms with Crippen LogP contribution in [0.15, 0.2) is 97.1 Å². The SMILES string of the molecule is CCCc1ccccc1-c1cc(Nc2ccc(-c3ccccc3)cc2)ccc1C. The highest BCUT2D eigenvalue weighted by molar-refractivity contribution is 5.76. The van der Waals surface area contributed by atoms with Crippen LogP contribution in [0.2, 0.25) is 0 Å². The molecule has 0 aliphatic rings. The van der Waals surface area contributed by atoms with E-state index in [1.165, 1.54) is 33.4 Å². The van der Waals surface area contributed by atoms with Crippen LogP contribution in [0, 0.1) is 6.92 Å². The lowest BCUT2D eigenvalue weighted by molar-refractivity contribution is 0.923. The van der Waals surface area contributed by atoms with Gasteiger partial charge in [0, 0.05) is 11.4 Å². The van der Waals surface area contributed by atoms with Gasteiger partial charge in [0.1, 0.15) is 0 Å². The van der Waals surface area contributed by atoms with Gasteiger partial charge in [0.15, 0.2) is 0 Å². The van der Waals surface area contributed by atoms with Crippen molar-refractivity contribution >= 4 is 11.4 Å². The van der Waals surface area contributed by atoms with Crippen LogP contribution in [0.25, 0.3) is 22.3 Å². The summed E-state index contributed by atoms with van der Waals surface area (Å²) in [5.41, 5.74) is 10.1. The molecule has 0 unspecified atom stereocenters. The second-order valence-corrected chi connectivity index (χ2v) is 7.51. The fraction of sp³-hybridized carbons (Fsp3) is 0.143. The number of aryl methyl sites for hydroxylation is 2. The zero-order valence-corrected chi connectivity index (χ0v) is 17.2. The van der Waals surface area contributed by atoms with Gasteiger partial charge in [-0.25, -0.2) is 0 Å². The Morgan fingerprint density at radius 2 is 1.28 bits per heavy atom. The van der Waals surface area contributed by atoms with Crippen molar-refractivity contribution in [2.24, 2.45) is 0 Å². The number of benzene rings is 4. The molecule has 0 aromatic heterocycles. The maximum Gasteiger partial charge on any atom is 0.0390 e. The first-order valence-corrected chi connectivity index (χ1v) is 10.4. The molecule has 144 valence electrons. The van der Waals surface area contributed by atoms with Crippen molar-refractivity contribution in [1.82, 2.24) is 0 Å². The summed E-state index contributed by atoms with van der Waals surface area (Å²) < 4.78 is 0. The van der Waals surface area contributed by atoms with E-state index in [9.17, 15) is 0 Å². The first-order chi connectivity index (χ1) is 14.2. The molecule has 0 fully saturated rings. The molecule has 1 N–H and O–H groups in total. The molecule has 0 saturated heterocycles. The van der Waals surface area contributed by atoms with Crippen LogP contribution in [0.5, 0.6) is 0 Å². The summed E-state index contributed by atoms with van der Waals surface area (Å²) >= 11 is 0. The fourth-order valence-corrected chi connectivity index (χ4v) is 3.80. The van der Waals surface area contributed by atoms with E-state index in [4.69, 9.17) is 0 Å².